The molecule has 0 unspecified atom stereocenters. The van der Waals surface area contributed by atoms with Gasteiger partial charge in [-0.25, -0.2) is 4.79 Å². The second-order valence-corrected chi connectivity index (χ2v) is 6.95. The first-order chi connectivity index (χ1) is 14.5. The lowest BCUT2D eigenvalue weighted by Crippen LogP contribution is -2.40. The number of ether oxygens (including phenoxy) is 2. The van der Waals surface area contributed by atoms with Gasteiger partial charge >= 0.3 is 6.09 Å². The van der Waals surface area contributed by atoms with Crippen molar-refractivity contribution in [3.05, 3.63) is 53.8 Å². The molecule has 156 valence electrons. The van der Waals surface area contributed by atoms with E-state index in [1.807, 2.05) is 36.4 Å². The zero-order valence-electron chi connectivity index (χ0n) is 16.5. The van der Waals surface area contributed by atoms with Crippen molar-refractivity contribution in [3.8, 4) is 16.9 Å². The van der Waals surface area contributed by atoms with Crippen molar-refractivity contribution in [3.63, 3.8) is 0 Å². The third-order valence-corrected chi connectivity index (χ3v) is 5.03. The summed E-state index contributed by atoms with van der Waals surface area (Å²) in [6.07, 6.45) is -1.12. The second kappa shape index (κ2) is 8.46. The Morgan fingerprint density at radius 1 is 1.10 bits per heavy atom. The summed E-state index contributed by atoms with van der Waals surface area (Å²) in [6.45, 7) is 2.42. The van der Waals surface area contributed by atoms with E-state index in [1.165, 1.54) is 0 Å². The Labute approximate surface area is 173 Å². The molecule has 2 N–H and O–H groups in total. The highest BCUT2D eigenvalue weighted by Crippen LogP contribution is 2.34. The van der Waals surface area contributed by atoms with Gasteiger partial charge in [-0.3, -0.25) is 4.79 Å². The predicted molar refractivity (Wildman–Crippen MR) is 110 cm³/mol. The van der Waals surface area contributed by atoms with Crippen LogP contribution in [0.4, 0.5) is 4.79 Å². The molecule has 0 radical (unpaired) electrons. The number of carbonyl (C=O) groups is 2. The monoisotopic (exact) mass is 410 g/mol. The topological polar surface area (TPSA) is 101 Å². The SMILES string of the molecule is COc1cc(-c2ccc(C(=O)N3CCOCC3)cc2)cc2cc(CNC(=O)O)oc12. The third-order valence-electron chi connectivity index (χ3n) is 5.03. The van der Waals surface area contributed by atoms with Crippen molar-refractivity contribution in [1.82, 2.24) is 10.2 Å². The fourth-order valence-electron chi connectivity index (χ4n) is 3.50. The maximum absolute atomic E-state index is 12.6. The Hall–Kier alpha value is -3.52. The Kier molecular flexibility index (Phi) is 5.58. The molecular formula is C22H22N2O6. The number of carboxylic acid groups (broad SMARTS) is 1. The minimum atomic E-state index is -1.12. The molecule has 0 spiro atoms. The quantitative estimate of drug-likeness (QED) is 0.669. The number of methoxy groups -OCH3 is 1. The fraction of sp³-hybridized carbons (Fsp3) is 0.273. The largest absolute Gasteiger partial charge is 0.493 e. The molecule has 0 atom stereocenters. The van der Waals surface area contributed by atoms with Crippen LogP contribution in [-0.2, 0) is 11.3 Å². The van der Waals surface area contributed by atoms with Crippen LogP contribution in [0, 0.1) is 0 Å². The average Bonchev–Trinajstić information content (AvgIpc) is 3.20. The zero-order chi connectivity index (χ0) is 21.1. The number of nitrogens with one attached hydrogen (secondary N) is 1. The maximum atomic E-state index is 12.6. The van der Waals surface area contributed by atoms with E-state index in [0.29, 0.717) is 49.0 Å². The number of rotatable bonds is 5. The van der Waals surface area contributed by atoms with Crippen molar-refractivity contribution in [2.45, 2.75) is 6.54 Å². The van der Waals surface area contributed by atoms with Gasteiger partial charge in [0.2, 0.25) is 0 Å². The zero-order valence-corrected chi connectivity index (χ0v) is 16.5. The van der Waals surface area contributed by atoms with Crippen LogP contribution in [0.25, 0.3) is 22.1 Å². The number of furan rings is 1. The van der Waals surface area contributed by atoms with Crippen LogP contribution in [0.2, 0.25) is 0 Å². The van der Waals surface area contributed by atoms with E-state index in [2.05, 4.69) is 5.32 Å². The lowest BCUT2D eigenvalue weighted by Gasteiger charge is -2.26. The number of amides is 2. The van der Waals surface area contributed by atoms with Crippen LogP contribution in [0.5, 0.6) is 5.75 Å². The molecular weight excluding hydrogens is 388 g/mol. The van der Waals surface area contributed by atoms with E-state index in [0.717, 1.165) is 16.5 Å². The predicted octanol–water partition coefficient (Wildman–Crippen LogP) is 3.35. The van der Waals surface area contributed by atoms with E-state index >= 15 is 0 Å². The van der Waals surface area contributed by atoms with E-state index in [-0.39, 0.29) is 12.5 Å². The summed E-state index contributed by atoms with van der Waals surface area (Å²) in [5.74, 6) is 1.05. The number of hydrogen-bond acceptors (Lipinski definition) is 5. The van der Waals surface area contributed by atoms with Crippen LogP contribution >= 0.6 is 0 Å². The highest BCUT2D eigenvalue weighted by atomic mass is 16.5. The van der Waals surface area contributed by atoms with Gasteiger partial charge in [0.15, 0.2) is 11.3 Å². The lowest BCUT2D eigenvalue weighted by molar-refractivity contribution is 0.0303. The average molecular weight is 410 g/mol. The van der Waals surface area contributed by atoms with Crippen LogP contribution in [0.15, 0.2) is 46.9 Å². The first-order valence-corrected chi connectivity index (χ1v) is 9.60. The van der Waals surface area contributed by atoms with Gasteiger partial charge in [0.1, 0.15) is 5.76 Å². The van der Waals surface area contributed by atoms with E-state index in [9.17, 15) is 9.59 Å². The standard InChI is InChI=1S/C22H22N2O6/c1-28-19-12-16(10-17-11-18(30-20(17)19)13-23-22(26)27)14-2-4-15(5-3-14)21(25)24-6-8-29-9-7-24/h2-5,10-12,23H,6-9,13H2,1H3,(H,26,27). The molecule has 2 heterocycles. The van der Waals surface area contributed by atoms with Crippen LogP contribution < -0.4 is 10.1 Å². The fourth-order valence-corrected chi connectivity index (χ4v) is 3.50. The lowest BCUT2D eigenvalue weighted by atomic mass is 10.0. The maximum Gasteiger partial charge on any atom is 0.405 e. The summed E-state index contributed by atoms with van der Waals surface area (Å²) >= 11 is 0. The number of morpholine rings is 1. The van der Waals surface area contributed by atoms with Crippen LogP contribution in [-0.4, -0.2) is 55.4 Å². The van der Waals surface area contributed by atoms with Gasteiger partial charge in [-0.2, -0.15) is 0 Å². The molecule has 4 rings (SSSR count). The summed E-state index contributed by atoms with van der Waals surface area (Å²) in [5, 5.41) is 11.9. The Morgan fingerprint density at radius 3 is 2.50 bits per heavy atom. The van der Waals surface area contributed by atoms with Crippen LogP contribution in [0.3, 0.4) is 0 Å². The molecule has 2 aromatic carbocycles. The summed E-state index contributed by atoms with van der Waals surface area (Å²) in [7, 11) is 1.56. The molecule has 2 amide bonds. The van der Waals surface area contributed by atoms with Crippen molar-refractivity contribution in [2.75, 3.05) is 33.4 Å². The molecule has 0 bridgehead atoms. The number of nitrogens with zero attached hydrogens (tertiary/aromatic N) is 1. The molecule has 8 nitrogen and oxygen atoms in total. The van der Waals surface area contributed by atoms with Gasteiger partial charge in [-0.1, -0.05) is 12.1 Å². The van der Waals surface area contributed by atoms with Gasteiger partial charge in [-0.05, 0) is 41.5 Å². The summed E-state index contributed by atoms with van der Waals surface area (Å²) in [5.41, 5.74) is 3.03. The van der Waals surface area contributed by atoms with Gasteiger partial charge < -0.3 is 29.2 Å². The molecule has 1 aliphatic heterocycles. The highest BCUT2D eigenvalue weighted by molar-refractivity contribution is 5.95. The smallest absolute Gasteiger partial charge is 0.405 e. The Balaban J connectivity index is 1.60. The van der Waals surface area contributed by atoms with E-state index in [1.54, 1.807) is 18.1 Å². The van der Waals surface area contributed by atoms with Gasteiger partial charge in [0.25, 0.3) is 5.91 Å². The first-order valence-electron chi connectivity index (χ1n) is 9.60. The Bertz CT molecular complexity index is 1070. The normalized spacial score (nSPS) is 14.0. The van der Waals surface area contributed by atoms with Crippen LogP contribution in [0.1, 0.15) is 16.1 Å². The van der Waals surface area contributed by atoms with Gasteiger partial charge in [0.05, 0.1) is 26.9 Å². The molecule has 1 fully saturated rings. The second-order valence-electron chi connectivity index (χ2n) is 6.95. The summed E-state index contributed by atoms with van der Waals surface area (Å²) in [4.78, 5) is 25.1. The molecule has 0 aliphatic carbocycles. The summed E-state index contributed by atoms with van der Waals surface area (Å²) < 4.78 is 16.5. The molecule has 3 aromatic rings. The minimum absolute atomic E-state index is 0.00305. The third kappa shape index (κ3) is 4.08. The van der Waals surface area contributed by atoms with Gasteiger partial charge in [-0.15, -0.1) is 0 Å². The van der Waals surface area contributed by atoms with Gasteiger partial charge in [0, 0.05) is 24.0 Å². The molecule has 1 saturated heterocycles. The van der Waals surface area contributed by atoms with Crippen molar-refractivity contribution in [1.29, 1.82) is 0 Å². The van der Waals surface area contributed by atoms with Crippen molar-refractivity contribution in [2.24, 2.45) is 0 Å². The van der Waals surface area contributed by atoms with Crippen molar-refractivity contribution < 1.29 is 28.6 Å². The van der Waals surface area contributed by atoms with E-state index in [4.69, 9.17) is 19.0 Å². The van der Waals surface area contributed by atoms with Crippen molar-refractivity contribution >= 4 is 23.0 Å². The number of hydrogen-bond donors (Lipinski definition) is 2. The first kappa shape index (κ1) is 19.8. The number of benzene rings is 2. The molecule has 1 aromatic heterocycles. The van der Waals surface area contributed by atoms with E-state index < -0.39 is 6.09 Å². The summed E-state index contributed by atoms with van der Waals surface area (Å²) in [6, 6.07) is 13.0. The minimum Gasteiger partial charge on any atom is -0.493 e. The molecule has 1 aliphatic rings. The molecule has 8 heteroatoms. The molecule has 0 saturated carbocycles. The Morgan fingerprint density at radius 2 is 1.83 bits per heavy atom. The highest BCUT2D eigenvalue weighted by Gasteiger charge is 2.19. The molecule has 30 heavy (non-hydrogen) atoms. The number of carbonyl (C=O) groups excluding carboxylic acids is 1. The number of fused-ring (bicyclic) bond motifs is 1.